The fourth-order valence-corrected chi connectivity index (χ4v) is 3.39. The number of halogens is 4. The van der Waals surface area contributed by atoms with Gasteiger partial charge in [-0.25, -0.2) is 13.2 Å². The maximum atomic E-state index is 13.7. The van der Waals surface area contributed by atoms with Crippen LogP contribution in [0.2, 0.25) is 0 Å². The van der Waals surface area contributed by atoms with Gasteiger partial charge in [0, 0.05) is 0 Å². The van der Waals surface area contributed by atoms with Crippen molar-refractivity contribution < 1.29 is 17.6 Å². The normalized spacial score (nSPS) is 22.1. The van der Waals surface area contributed by atoms with Gasteiger partial charge >= 0.3 is 0 Å². The Labute approximate surface area is 135 Å². The van der Waals surface area contributed by atoms with Crippen molar-refractivity contribution in [3.05, 3.63) is 47.3 Å². The van der Waals surface area contributed by atoms with Crippen LogP contribution in [-0.2, 0) is 0 Å². The van der Waals surface area contributed by atoms with E-state index >= 15 is 0 Å². The molecule has 0 bridgehead atoms. The van der Waals surface area contributed by atoms with Gasteiger partial charge in [-0.05, 0) is 68.4 Å². The van der Waals surface area contributed by atoms with Gasteiger partial charge in [-0.3, -0.25) is 4.39 Å². The topological polar surface area (TPSA) is 0 Å². The van der Waals surface area contributed by atoms with Crippen molar-refractivity contribution in [2.45, 2.75) is 57.3 Å². The van der Waals surface area contributed by atoms with Gasteiger partial charge in [0.15, 0.2) is 0 Å². The third-order valence-corrected chi connectivity index (χ3v) is 4.76. The molecule has 0 radical (unpaired) electrons. The van der Waals surface area contributed by atoms with Crippen molar-refractivity contribution in [1.82, 2.24) is 0 Å². The molecule has 1 saturated carbocycles. The molecule has 0 N–H and O–H groups in total. The lowest BCUT2D eigenvalue weighted by Crippen LogP contribution is -2.13. The summed E-state index contributed by atoms with van der Waals surface area (Å²) in [7, 11) is 0. The predicted molar refractivity (Wildman–Crippen MR) is 85.0 cm³/mol. The Balaban J connectivity index is 1.81. The molecule has 1 aromatic rings. The molecular formula is C19H24F4. The van der Waals surface area contributed by atoms with Crippen LogP contribution >= 0.6 is 0 Å². The zero-order valence-electron chi connectivity index (χ0n) is 13.3. The Hall–Kier alpha value is -1.32. The molecule has 0 aliphatic heterocycles. The zero-order valence-corrected chi connectivity index (χ0v) is 13.3. The summed E-state index contributed by atoms with van der Waals surface area (Å²) < 4.78 is 50.8. The molecular weight excluding hydrogens is 304 g/mol. The van der Waals surface area contributed by atoms with Gasteiger partial charge in [-0.1, -0.05) is 24.3 Å². The van der Waals surface area contributed by atoms with E-state index in [-0.39, 0.29) is 12.6 Å². The molecule has 23 heavy (non-hydrogen) atoms. The molecule has 1 aliphatic rings. The quantitative estimate of drug-likeness (QED) is 0.384. The highest BCUT2D eigenvalue weighted by Crippen LogP contribution is 2.38. The van der Waals surface area contributed by atoms with Crippen molar-refractivity contribution in [2.24, 2.45) is 5.92 Å². The van der Waals surface area contributed by atoms with Gasteiger partial charge in [0.2, 0.25) is 0 Å². The first-order chi connectivity index (χ1) is 11.1. The van der Waals surface area contributed by atoms with Crippen LogP contribution in [0.1, 0.15) is 68.4 Å². The number of benzene rings is 1. The largest absolute Gasteiger partial charge is 0.266 e. The first-order valence-corrected chi connectivity index (χ1v) is 8.40. The molecule has 0 amide bonds. The maximum Gasteiger partial charge on any atom is 0.266 e. The van der Waals surface area contributed by atoms with Gasteiger partial charge in [0.25, 0.3) is 6.43 Å². The molecule has 0 heterocycles. The van der Waals surface area contributed by atoms with E-state index in [0.717, 1.165) is 44.1 Å². The highest BCUT2D eigenvalue weighted by atomic mass is 19.3. The minimum absolute atomic E-state index is 0.273. The number of hydrogen-bond acceptors (Lipinski definition) is 0. The van der Waals surface area contributed by atoms with Crippen molar-refractivity contribution in [2.75, 3.05) is 6.67 Å². The molecule has 0 nitrogen and oxygen atoms in total. The molecule has 0 unspecified atom stereocenters. The first kappa shape index (κ1) is 18.0. The van der Waals surface area contributed by atoms with Crippen LogP contribution in [0.5, 0.6) is 0 Å². The number of rotatable bonds is 7. The molecule has 1 fully saturated rings. The number of hydrogen-bond donors (Lipinski definition) is 0. The summed E-state index contributed by atoms with van der Waals surface area (Å²) >= 11 is 0. The van der Waals surface area contributed by atoms with Crippen LogP contribution in [-0.4, -0.2) is 6.67 Å². The lowest BCUT2D eigenvalue weighted by molar-refractivity contribution is 0.146. The molecule has 2 rings (SSSR count). The molecule has 1 aliphatic carbocycles. The Morgan fingerprint density at radius 3 is 2.35 bits per heavy atom. The SMILES string of the molecule is FCCC=CCCC1CCC(c2ccc(C(F)F)c(F)c2)CC1. The molecule has 0 saturated heterocycles. The minimum Gasteiger partial charge on any atom is -0.251 e. The molecule has 4 heteroatoms. The second-order valence-corrected chi connectivity index (χ2v) is 6.33. The van der Waals surface area contributed by atoms with E-state index in [2.05, 4.69) is 0 Å². The average molecular weight is 328 g/mol. The maximum absolute atomic E-state index is 13.7. The number of alkyl halides is 3. The second kappa shape index (κ2) is 9.09. The van der Waals surface area contributed by atoms with Crippen molar-refractivity contribution >= 4 is 0 Å². The molecule has 0 atom stereocenters. The third-order valence-electron chi connectivity index (χ3n) is 4.76. The van der Waals surface area contributed by atoms with Crippen molar-refractivity contribution in [3.63, 3.8) is 0 Å². The van der Waals surface area contributed by atoms with Crippen molar-refractivity contribution in [3.8, 4) is 0 Å². The standard InChI is InChI=1S/C19H24F4/c20-12-4-2-1-3-5-14-6-8-15(9-7-14)16-10-11-17(19(22)23)18(21)13-16/h1-2,10-11,13-15,19H,3-9,12H2. The van der Waals surface area contributed by atoms with Gasteiger partial charge in [0.1, 0.15) is 5.82 Å². The van der Waals surface area contributed by atoms with Crippen molar-refractivity contribution in [1.29, 1.82) is 0 Å². The van der Waals surface area contributed by atoms with Gasteiger partial charge in [-0.15, -0.1) is 0 Å². The van der Waals surface area contributed by atoms with E-state index in [4.69, 9.17) is 0 Å². The summed E-state index contributed by atoms with van der Waals surface area (Å²) in [6.45, 7) is -0.303. The zero-order chi connectivity index (χ0) is 16.7. The van der Waals surface area contributed by atoms with E-state index in [1.807, 2.05) is 12.2 Å². The lowest BCUT2D eigenvalue weighted by Gasteiger charge is -2.28. The average Bonchev–Trinajstić information content (AvgIpc) is 2.55. The van der Waals surface area contributed by atoms with Crippen LogP contribution in [0.15, 0.2) is 30.4 Å². The van der Waals surface area contributed by atoms with E-state index in [1.54, 1.807) is 6.07 Å². The Morgan fingerprint density at radius 2 is 1.74 bits per heavy atom. The fourth-order valence-electron chi connectivity index (χ4n) is 3.39. The number of allylic oxidation sites excluding steroid dienone is 2. The Kier molecular flexibility index (Phi) is 7.13. The van der Waals surface area contributed by atoms with Crippen LogP contribution in [0, 0.1) is 11.7 Å². The summed E-state index contributed by atoms with van der Waals surface area (Å²) in [6.07, 6.45) is 7.88. The Bertz CT molecular complexity index is 502. The highest BCUT2D eigenvalue weighted by molar-refractivity contribution is 5.28. The van der Waals surface area contributed by atoms with E-state index in [0.29, 0.717) is 12.3 Å². The molecule has 0 spiro atoms. The first-order valence-electron chi connectivity index (χ1n) is 8.40. The summed E-state index contributed by atoms with van der Waals surface area (Å²) in [6, 6.07) is 4.15. The van der Waals surface area contributed by atoms with E-state index in [1.165, 1.54) is 12.1 Å². The van der Waals surface area contributed by atoms with Crippen LogP contribution < -0.4 is 0 Å². The van der Waals surface area contributed by atoms with Gasteiger partial charge < -0.3 is 0 Å². The summed E-state index contributed by atoms with van der Waals surface area (Å²) in [5.41, 5.74) is 0.329. The van der Waals surface area contributed by atoms with Gasteiger partial charge in [0.05, 0.1) is 12.2 Å². The van der Waals surface area contributed by atoms with Crippen LogP contribution in [0.3, 0.4) is 0 Å². The molecule has 0 aromatic heterocycles. The molecule has 128 valence electrons. The lowest BCUT2D eigenvalue weighted by atomic mass is 9.77. The summed E-state index contributed by atoms with van der Waals surface area (Å²) in [4.78, 5) is 0. The van der Waals surface area contributed by atoms with E-state index < -0.39 is 17.8 Å². The minimum atomic E-state index is -2.76. The predicted octanol–water partition coefficient (Wildman–Crippen LogP) is 6.73. The Morgan fingerprint density at radius 1 is 1.04 bits per heavy atom. The van der Waals surface area contributed by atoms with Gasteiger partial charge in [-0.2, -0.15) is 0 Å². The monoisotopic (exact) mass is 328 g/mol. The second-order valence-electron chi connectivity index (χ2n) is 6.33. The summed E-state index contributed by atoms with van der Waals surface area (Å²) in [5, 5.41) is 0. The van der Waals surface area contributed by atoms with Crippen LogP contribution in [0.25, 0.3) is 0 Å². The highest BCUT2D eigenvalue weighted by Gasteiger charge is 2.23. The fraction of sp³-hybridized carbons (Fsp3) is 0.579. The molecule has 1 aromatic carbocycles. The summed E-state index contributed by atoms with van der Waals surface area (Å²) in [5.74, 6) is 0.138. The van der Waals surface area contributed by atoms with E-state index in [9.17, 15) is 17.6 Å². The smallest absolute Gasteiger partial charge is 0.251 e. The third kappa shape index (κ3) is 5.36. The van der Waals surface area contributed by atoms with Crippen LogP contribution in [0.4, 0.5) is 17.6 Å².